The number of urea groups is 1. The van der Waals surface area contributed by atoms with Crippen LogP contribution in [0.2, 0.25) is 0 Å². The average molecular weight is 191 g/mol. The van der Waals surface area contributed by atoms with Crippen LogP contribution in [-0.2, 0) is 0 Å². The molecular weight excluding hydrogens is 185 g/mol. The molecule has 14 heavy (non-hydrogen) atoms. The van der Waals surface area contributed by atoms with Crippen LogP contribution in [-0.4, -0.2) is 18.9 Å². The first-order valence-electron chi connectivity index (χ1n) is 3.65. The second-order valence-electron chi connectivity index (χ2n) is 2.41. The summed E-state index contributed by atoms with van der Waals surface area (Å²) in [5.74, 6) is 0. The van der Waals surface area contributed by atoms with Gasteiger partial charge in [-0.2, -0.15) is 0 Å². The Kier molecular flexibility index (Phi) is 3.06. The summed E-state index contributed by atoms with van der Waals surface area (Å²) in [7, 11) is 4.82. The summed E-state index contributed by atoms with van der Waals surface area (Å²) in [5, 5.41) is 14.5. The number of non-ortho nitro benzene ring substituents is 1. The molecule has 2 amide bonds. The van der Waals surface area contributed by atoms with Gasteiger partial charge in [0.25, 0.3) is 5.69 Å². The number of carbonyl (C=O) groups excluding carboxylic acids is 1. The predicted octanol–water partition coefficient (Wildman–Crippen LogP) is 0.800. The van der Waals surface area contributed by atoms with E-state index in [0.29, 0.717) is 5.69 Å². The van der Waals surface area contributed by atoms with Crippen LogP contribution < -0.4 is 10.5 Å². The van der Waals surface area contributed by atoms with Crippen molar-refractivity contribution in [2.45, 2.75) is 0 Å². The number of nitro benzene ring substituents is 1. The van der Waals surface area contributed by atoms with Gasteiger partial charge in [-0.15, -0.1) is 0 Å². The molecule has 1 rings (SSSR count). The standard InChI is InChI=1S/C7H6BN3O3/c8-10-7(12)9-5-2-1-3-6(4-5)11(13)14/h1-4H,(H2,9,10,12). The maximum absolute atomic E-state index is 10.7. The van der Waals surface area contributed by atoms with Crippen molar-refractivity contribution in [3.05, 3.63) is 34.4 Å². The second-order valence-corrected chi connectivity index (χ2v) is 2.41. The molecule has 0 aliphatic rings. The highest BCUT2D eigenvalue weighted by molar-refractivity contribution is 6.16. The maximum atomic E-state index is 10.7. The number of nitrogens with zero attached hydrogens (tertiary/aromatic N) is 1. The minimum Gasteiger partial charge on any atom is -0.391 e. The van der Waals surface area contributed by atoms with E-state index in [1.54, 1.807) is 0 Å². The summed E-state index contributed by atoms with van der Waals surface area (Å²) in [6.07, 6.45) is 0. The van der Waals surface area contributed by atoms with Crippen LogP contribution in [0.5, 0.6) is 0 Å². The summed E-state index contributed by atoms with van der Waals surface area (Å²) >= 11 is 0. The monoisotopic (exact) mass is 191 g/mol. The SMILES string of the molecule is [B]NC(=O)Nc1cccc([N+](=O)[O-])c1. The Balaban J connectivity index is 2.83. The molecule has 0 unspecified atom stereocenters. The zero-order valence-corrected chi connectivity index (χ0v) is 7.06. The molecule has 0 spiro atoms. The van der Waals surface area contributed by atoms with Gasteiger partial charge in [-0.05, 0) is 6.07 Å². The highest BCUT2D eigenvalue weighted by Gasteiger charge is 2.06. The normalized spacial score (nSPS) is 9.14. The quantitative estimate of drug-likeness (QED) is 0.411. The zero-order valence-electron chi connectivity index (χ0n) is 7.06. The van der Waals surface area contributed by atoms with Crippen molar-refractivity contribution in [3.8, 4) is 0 Å². The van der Waals surface area contributed by atoms with Crippen LogP contribution in [0.3, 0.4) is 0 Å². The molecule has 2 N–H and O–H groups in total. The van der Waals surface area contributed by atoms with Gasteiger partial charge < -0.3 is 10.5 Å². The molecular formula is C7H6BN3O3. The Morgan fingerprint density at radius 1 is 1.50 bits per heavy atom. The average Bonchev–Trinajstić information content (AvgIpc) is 2.18. The molecule has 0 aliphatic carbocycles. The minimum absolute atomic E-state index is 0.0974. The maximum Gasteiger partial charge on any atom is 0.306 e. The van der Waals surface area contributed by atoms with Gasteiger partial charge in [0.1, 0.15) is 0 Å². The van der Waals surface area contributed by atoms with Crippen molar-refractivity contribution in [1.82, 2.24) is 5.23 Å². The number of nitrogens with one attached hydrogen (secondary N) is 2. The van der Waals surface area contributed by atoms with Crippen LogP contribution in [0, 0.1) is 10.1 Å². The number of amides is 2. The van der Waals surface area contributed by atoms with E-state index >= 15 is 0 Å². The Morgan fingerprint density at radius 2 is 2.21 bits per heavy atom. The number of rotatable bonds is 2. The first-order chi connectivity index (χ1) is 6.63. The van der Waals surface area contributed by atoms with Crippen LogP contribution in [0.15, 0.2) is 24.3 Å². The largest absolute Gasteiger partial charge is 0.391 e. The van der Waals surface area contributed by atoms with Crippen molar-refractivity contribution in [2.24, 2.45) is 0 Å². The molecule has 7 heteroatoms. The summed E-state index contributed by atoms with van der Waals surface area (Å²) in [6, 6.07) is 4.90. The molecule has 0 atom stereocenters. The topological polar surface area (TPSA) is 84.3 Å². The van der Waals surface area contributed by atoms with Crippen LogP contribution in [0.4, 0.5) is 16.2 Å². The lowest BCUT2D eigenvalue weighted by Gasteiger charge is -2.03. The van der Waals surface area contributed by atoms with E-state index in [1.165, 1.54) is 24.3 Å². The minimum atomic E-state index is -0.634. The lowest BCUT2D eigenvalue weighted by atomic mass is 10.3. The van der Waals surface area contributed by atoms with Gasteiger partial charge in [0, 0.05) is 17.8 Å². The number of carbonyl (C=O) groups is 1. The first kappa shape index (κ1) is 10.0. The number of benzene rings is 1. The number of hydrogen-bond acceptors (Lipinski definition) is 3. The lowest BCUT2D eigenvalue weighted by Crippen LogP contribution is -2.25. The van der Waals surface area contributed by atoms with Crippen molar-refractivity contribution in [1.29, 1.82) is 0 Å². The van der Waals surface area contributed by atoms with Crippen molar-refractivity contribution < 1.29 is 9.72 Å². The van der Waals surface area contributed by atoms with Crippen molar-refractivity contribution >= 4 is 25.4 Å². The van der Waals surface area contributed by atoms with Gasteiger partial charge in [-0.1, -0.05) is 6.07 Å². The van der Waals surface area contributed by atoms with Gasteiger partial charge >= 0.3 is 6.03 Å². The van der Waals surface area contributed by atoms with Crippen LogP contribution in [0.1, 0.15) is 0 Å². The van der Waals surface area contributed by atoms with E-state index in [9.17, 15) is 14.9 Å². The fourth-order valence-electron chi connectivity index (χ4n) is 0.864. The lowest BCUT2D eigenvalue weighted by molar-refractivity contribution is -0.384. The van der Waals surface area contributed by atoms with E-state index in [1.807, 2.05) is 5.23 Å². The number of anilines is 1. The molecule has 0 aliphatic heterocycles. The molecule has 6 nitrogen and oxygen atoms in total. The summed E-state index contributed by atoms with van der Waals surface area (Å²) in [4.78, 5) is 20.6. The highest BCUT2D eigenvalue weighted by atomic mass is 16.6. The fraction of sp³-hybridized carbons (Fsp3) is 0. The van der Waals surface area contributed by atoms with Gasteiger partial charge in [0.2, 0.25) is 7.98 Å². The summed E-state index contributed by atoms with van der Waals surface area (Å²) in [5.41, 5.74) is 0.210. The Labute approximate surface area is 80.9 Å². The van der Waals surface area contributed by atoms with E-state index in [4.69, 9.17) is 7.98 Å². The van der Waals surface area contributed by atoms with Crippen molar-refractivity contribution in [2.75, 3.05) is 5.32 Å². The molecule has 2 radical (unpaired) electrons. The molecule has 0 saturated carbocycles. The fourth-order valence-corrected chi connectivity index (χ4v) is 0.864. The summed E-state index contributed by atoms with van der Waals surface area (Å²) in [6.45, 7) is 0. The first-order valence-corrected chi connectivity index (χ1v) is 3.65. The molecule has 70 valence electrons. The molecule has 1 aromatic rings. The third-order valence-corrected chi connectivity index (χ3v) is 1.45. The molecule has 1 aromatic carbocycles. The molecule has 0 aromatic heterocycles. The Morgan fingerprint density at radius 3 is 2.79 bits per heavy atom. The zero-order chi connectivity index (χ0) is 10.6. The molecule has 0 bridgehead atoms. The Hall–Kier alpha value is -2.05. The second kappa shape index (κ2) is 4.26. The van der Waals surface area contributed by atoms with Gasteiger partial charge in [-0.3, -0.25) is 10.1 Å². The Bertz CT molecular complexity index is 369. The smallest absolute Gasteiger partial charge is 0.306 e. The summed E-state index contributed by atoms with van der Waals surface area (Å²) < 4.78 is 0. The van der Waals surface area contributed by atoms with Gasteiger partial charge in [-0.25, -0.2) is 4.79 Å². The van der Waals surface area contributed by atoms with Crippen molar-refractivity contribution in [3.63, 3.8) is 0 Å². The van der Waals surface area contributed by atoms with E-state index < -0.39 is 11.0 Å². The van der Waals surface area contributed by atoms with E-state index in [0.717, 1.165) is 0 Å². The van der Waals surface area contributed by atoms with E-state index in [-0.39, 0.29) is 5.69 Å². The third-order valence-electron chi connectivity index (χ3n) is 1.45. The number of hydrogen-bond donors (Lipinski definition) is 2. The molecule has 0 heterocycles. The molecule has 0 fully saturated rings. The van der Waals surface area contributed by atoms with E-state index in [2.05, 4.69) is 5.32 Å². The third kappa shape index (κ3) is 2.48. The van der Waals surface area contributed by atoms with Crippen LogP contribution in [0.25, 0.3) is 0 Å². The number of nitro groups is 1. The van der Waals surface area contributed by atoms with Gasteiger partial charge in [0.05, 0.1) is 4.92 Å². The van der Waals surface area contributed by atoms with Crippen LogP contribution >= 0.6 is 0 Å². The molecule has 0 saturated heterocycles. The highest BCUT2D eigenvalue weighted by Crippen LogP contribution is 2.16. The van der Waals surface area contributed by atoms with Gasteiger partial charge in [0.15, 0.2) is 0 Å². The predicted molar refractivity (Wildman–Crippen MR) is 51.0 cm³/mol.